The van der Waals surface area contributed by atoms with Crippen molar-refractivity contribution in [1.82, 2.24) is 19.5 Å². The predicted octanol–water partition coefficient (Wildman–Crippen LogP) is 1.10. The lowest BCUT2D eigenvalue weighted by atomic mass is 10.1. The molecule has 26 heavy (non-hydrogen) atoms. The molecule has 0 aliphatic rings. The van der Waals surface area contributed by atoms with E-state index in [2.05, 4.69) is 10.0 Å². The number of nitrogens with zero attached hydrogens (tertiary/aromatic N) is 2. The fourth-order valence-electron chi connectivity index (χ4n) is 2.62. The van der Waals surface area contributed by atoms with Crippen molar-refractivity contribution in [3.05, 3.63) is 53.6 Å². The zero-order valence-electron chi connectivity index (χ0n) is 15.2. The number of aromatic nitrogens is 1. The number of carbonyl (C=O) groups is 1. The Kier molecular flexibility index (Phi) is 6.17. The molecule has 7 nitrogen and oxygen atoms in total. The minimum absolute atomic E-state index is 0.0157. The molecule has 0 radical (unpaired) electrons. The summed E-state index contributed by atoms with van der Waals surface area (Å²) in [4.78, 5) is 14.4. The van der Waals surface area contributed by atoms with Gasteiger partial charge in [-0.1, -0.05) is 12.1 Å². The number of sulfonamides is 1. The molecule has 2 N–H and O–H groups in total. The molecule has 0 bridgehead atoms. The number of halogens is 1. The highest BCUT2D eigenvalue weighted by Gasteiger charge is 2.21. The lowest BCUT2D eigenvalue weighted by Gasteiger charge is -2.25. The van der Waals surface area contributed by atoms with Gasteiger partial charge in [0.15, 0.2) is 0 Å². The van der Waals surface area contributed by atoms with Gasteiger partial charge in [-0.15, -0.1) is 0 Å². The molecule has 0 aliphatic heterocycles. The van der Waals surface area contributed by atoms with Crippen LogP contribution in [-0.4, -0.2) is 51.5 Å². The molecule has 0 saturated carbocycles. The van der Waals surface area contributed by atoms with Crippen LogP contribution in [-0.2, 0) is 17.1 Å². The van der Waals surface area contributed by atoms with Gasteiger partial charge in [-0.3, -0.25) is 4.79 Å². The van der Waals surface area contributed by atoms with Crippen molar-refractivity contribution >= 4 is 15.9 Å². The summed E-state index contributed by atoms with van der Waals surface area (Å²) in [5.41, 5.74) is 0.955. The molecule has 1 aromatic heterocycles. The summed E-state index contributed by atoms with van der Waals surface area (Å²) in [6.45, 7) is 0.245. The average molecular weight is 382 g/mol. The first-order chi connectivity index (χ1) is 12.2. The van der Waals surface area contributed by atoms with E-state index in [1.165, 1.54) is 36.0 Å². The molecule has 1 amide bonds. The van der Waals surface area contributed by atoms with Gasteiger partial charge in [-0.2, -0.15) is 0 Å². The van der Waals surface area contributed by atoms with E-state index in [-0.39, 0.29) is 29.0 Å². The minimum atomic E-state index is -3.63. The van der Waals surface area contributed by atoms with Crippen LogP contribution in [0.3, 0.4) is 0 Å². The molecule has 9 heteroatoms. The second-order valence-electron chi connectivity index (χ2n) is 6.12. The third-order valence-corrected chi connectivity index (χ3v) is 5.49. The van der Waals surface area contributed by atoms with E-state index in [0.717, 1.165) is 5.56 Å². The zero-order chi connectivity index (χ0) is 19.5. The Labute approximate surface area is 152 Å². The number of hydrogen-bond donors (Lipinski definition) is 2. The van der Waals surface area contributed by atoms with Gasteiger partial charge in [0.1, 0.15) is 16.4 Å². The summed E-state index contributed by atoms with van der Waals surface area (Å²) in [7, 11) is 2.95. The van der Waals surface area contributed by atoms with Crippen LogP contribution in [0.2, 0.25) is 0 Å². The highest BCUT2D eigenvalue weighted by molar-refractivity contribution is 7.89. The summed E-state index contributed by atoms with van der Waals surface area (Å²) in [6.07, 6.45) is 1.37. The second kappa shape index (κ2) is 7.98. The first-order valence-electron chi connectivity index (χ1n) is 7.95. The second-order valence-corrected chi connectivity index (χ2v) is 8.01. The molecular weight excluding hydrogens is 359 g/mol. The summed E-state index contributed by atoms with van der Waals surface area (Å²) in [5.74, 6) is -0.752. The van der Waals surface area contributed by atoms with E-state index in [9.17, 15) is 17.6 Å². The number of hydrogen-bond acceptors (Lipinski definition) is 4. The van der Waals surface area contributed by atoms with Crippen LogP contribution in [0.4, 0.5) is 4.39 Å². The monoisotopic (exact) mass is 382 g/mol. The maximum Gasteiger partial charge on any atom is 0.268 e. The highest BCUT2D eigenvalue weighted by Crippen LogP contribution is 2.19. The molecule has 0 aliphatic carbocycles. The number of aryl methyl sites for hydroxylation is 1. The molecule has 1 unspecified atom stereocenters. The zero-order valence-corrected chi connectivity index (χ0v) is 16.0. The van der Waals surface area contributed by atoms with Gasteiger partial charge in [0, 0.05) is 19.8 Å². The van der Waals surface area contributed by atoms with Crippen molar-refractivity contribution in [2.24, 2.45) is 7.05 Å². The topological polar surface area (TPSA) is 83.4 Å². The van der Waals surface area contributed by atoms with Crippen LogP contribution in [0.25, 0.3) is 0 Å². The van der Waals surface area contributed by atoms with Crippen molar-refractivity contribution in [2.75, 3.05) is 27.7 Å². The van der Waals surface area contributed by atoms with Crippen LogP contribution in [0.15, 0.2) is 41.4 Å². The van der Waals surface area contributed by atoms with Crippen molar-refractivity contribution in [3.63, 3.8) is 0 Å². The Morgan fingerprint density at radius 3 is 2.58 bits per heavy atom. The number of likely N-dealkylation sites (N-methyl/N-ethyl adjacent to an activating group) is 1. The third kappa shape index (κ3) is 4.48. The lowest BCUT2D eigenvalue weighted by molar-refractivity contribution is 0.0933. The maximum atomic E-state index is 13.5. The summed E-state index contributed by atoms with van der Waals surface area (Å²) in [6, 6.07) is 7.29. The van der Waals surface area contributed by atoms with E-state index >= 15 is 0 Å². The summed E-state index contributed by atoms with van der Waals surface area (Å²) < 4.78 is 40.9. The summed E-state index contributed by atoms with van der Waals surface area (Å²) in [5, 5.41) is 2.78. The van der Waals surface area contributed by atoms with Crippen molar-refractivity contribution in [2.45, 2.75) is 10.9 Å². The number of carbonyl (C=O) groups excluding carboxylic acids is 1. The fourth-order valence-corrected chi connectivity index (χ4v) is 3.42. The van der Waals surface area contributed by atoms with Gasteiger partial charge in [0.25, 0.3) is 5.91 Å². The van der Waals surface area contributed by atoms with Gasteiger partial charge < -0.3 is 14.8 Å². The largest absolute Gasteiger partial charge is 0.349 e. The molecule has 1 aromatic carbocycles. The predicted molar refractivity (Wildman–Crippen MR) is 96.8 cm³/mol. The first kappa shape index (κ1) is 20.1. The Morgan fingerprint density at radius 1 is 1.31 bits per heavy atom. The smallest absolute Gasteiger partial charge is 0.268 e. The van der Waals surface area contributed by atoms with E-state index in [1.807, 2.05) is 19.0 Å². The van der Waals surface area contributed by atoms with Crippen molar-refractivity contribution in [1.29, 1.82) is 0 Å². The molecule has 142 valence electrons. The standard InChI is InChI=1S/C17H23FN4O3S/c1-19-26(24,25)14-9-15(22(4)11-14)17(23)20-10-16(21(2)3)12-6-5-7-13(18)8-12/h5-9,11,16,19H,10H2,1-4H3,(H,20,23). The Bertz CT molecular complexity index is 893. The van der Waals surface area contributed by atoms with Crippen LogP contribution in [0.1, 0.15) is 22.1 Å². The Hall–Kier alpha value is -2.23. The quantitative estimate of drug-likeness (QED) is 0.751. The van der Waals surface area contributed by atoms with Crippen LogP contribution in [0.5, 0.6) is 0 Å². The van der Waals surface area contributed by atoms with Gasteiger partial charge in [0.05, 0.1) is 6.04 Å². The molecule has 2 rings (SSSR count). The Balaban J connectivity index is 2.16. The lowest BCUT2D eigenvalue weighted by Crippen LogP contribution is -2.35. The van der Waals surface area contributed by atoms with Crippen LogP contribution < -0.4 is 10.0 Å². The molecule has 1 heterocycles. The number of nitrogens with one attached hydrogen (secondary N) is 2. The molecule has 0 saturated heterocycles. The SMILES string of the molecule is CNS(=O)(=O)c1cc(C(=O)NCC(c2cccc(F)c2)N(C)C)n(C)c1. The normalized spacial score (nSPS) is 13.0. The third-order valence-electron chi connectivity index (χ3n) is 4.10. The van der Waals surface area contributed by atoms with E-state index in [4.69, 9.17) is 0 Å². The van der Waals surface area contributed by atoms with E-state index in [0.29, 0.717) is 0 Å². The Morgan fingerprint density at radius 2 is 2.00 bits per heavy atom. The highest BCUT2D eigenvalue weighted by atomic mass is 32.2. The van der Waals surface area contributed by atoms with Gasteiger partial charge >= 0.3 is 0 Å². The summed E-state index contributed by atoms with van der Waals surface area (Å²) >= 11 is 0. The molecule has 0 spiro atoms. The van der Waals surface area contributed by atoms with Crippen LogP contribution in [0, 0.1) is 5.82 Å². The first-order valence-corrected chi connectivity index (χ1v) is 9.44. The van der Waals surface area contributed by atoms with Crippen LogP contribution >= 0.6 is 0 Å². The fraction of sp³-hybridized carbons (Fsp3) is 0.353. The van der Waals surface area contributed by atoms with Crippen molar-refractivity contribution < 1.29 is 17.6 Å². The van der Waals surface area contributed by atoms with Crippen molar-refractivity contribution in [3.8, 4) is 0 Å². The molecule has 2 aromatic rings. The molecule has 0 fully saturated rings. The maximum absolute atomic E-state index is 13.5. The average Bonchev–Trinajstić information content (AvgIpc) is 2.97. The molecule has 1 atom stereocenters. The number of amides is 1. The number of rotatable bonds is 7. The van der Waals surface area contributed by atoms with E-state index in [1.54, 1.807) is 19.2 Å². The van der Waals surface area contributed by atoms with E-state index < -0.39 is 15.9 Å². The molecular formula is C17H23FN4O3S. The minimum Gasteiger partial charge on any atom is -0.349 e. The van der Waals surface area contributed by atoms with Gasteiger partial charge in [0.2, 0.25) is 10.0 Å². The number of benzene rings is 1. The van der Waals surface area contributed by atoms with Gasteiger partial charge in [-0.05, 0) is 44.9 Å². The van der Waals surface area contributed by atoms with Gasteiger partial charge in [-0.25, -0.2) is 17.5 Å².